The molecule has 1 aromatic heterocycles. The first-order chi connectivity index (χ1) is 16.9. The molecule has 8 heteroatoms. The van der Waals surface area contributed by atoms with Gasteiger partial charge in [0, 0.05) is 18.2 Å². The minimum atomic E-state index is -3.78. The Bertz CT molecular complexity index is 1700. The van der Waals surface area contributed by atoms with Crippen LogP contribution in [0.2, 0.25) is 0 Å². The summed E-state index contributed by atoms with van der Waals surface area (Å²) in [5, 5.41) is 1.82. The van der Waals surface area contributed by atoms with Crippen molar-refractivity contribution in [3.05, 3.63) is 96.4 Å². The van der Waals surface area contributed by atoms with Crippen LogP contribution in [-0.2, 0) is 10.0 Å². The van der Waals surface area contributed by atoms with E-state index in [0.717, 1.165) is 16.8 Å². The van der Waals surface area contributed by atoms with Gasteiger partial charge in [0.05, 0.1) is 4.90 Å². The number of oxazole rings is 1. The fraction of sp³-hybridized carbons (Fsp3) is 0.148. The summed E-state index contributed by atoms with van der Waals surface area (Å²) >= 11 is 0. The number of halogens is 2. The van der Waals surface area contributed by atoms with Crippen LogP contribution in [0.4, 0.5) is 8.78 Å². The molecule has 0 radical (unpaired) electrons. The third kappa shape index (κ3) is 3.79. The van der Waals surface area contributed by atoms with E-state index >= 15 is 0 Å². The van der Waals surface area contributed by atoms with Crippen molar-refractivity contribution in [2.45, 2.75) is 23.8 Å². The molecule has 1 atom stereocenters. The second kappa shape index (κ2) is 8.25. The van der Waals surface area contributed by atoms with Crippen LogP contribution in [0.1, 0.15) is 24.8 Å². The van der Waals surface area contributed by atoms with Gasteiger partial charge < -0.3 is 4.42 Å². The van der Waals surface area contributed by atoms with Crippen LogP contribution in [0, 0.1) is 11.6 Å². The average molecular weight is 491 g/mol. The highest BCUT2D eigenvalue weighted by atomic mass is 32.2. The number of benzene rings is 4. The molecule has 0 saturated carbocycles. The molecule has 1 saturated heterocycles. The largest absolute Gasteiger partial charge is 0.439 e. The maximum atomic E-state index is 14.3. The van der Waals surface area contributed by atoms with Crippen LogP contribution in [-0.4, -0.2) is 24.3 Å². The van der Waals surface area contributed by atoms with Crippen molar-refractivity contribution in [3.63, 3.8) is 0 Å². The zero-order chi connectivity index (χ0) is 24.2. The Morgan fingerprint density at radius 3 is 2.57 bits per heavy atom. The van der Waals surface area contributed by atoms with Gasteiger partial charge in [0.15, 0.2) is 5.58 Å². The summed E-state index contributed by atoms with van der Waals surface area (Å²) in [5.74, 6) is -1.01. The highest BCUT2D eigenvalue weighted by molar-refractivity contribution is 7.89. The first-order valence-electron chi connectivity index (χ1n) is 11.3. The number of aromatic nitrogens is 1. The van der Waals surface area contributed by atoms with Crippen molar-refractivity contribution in [2.75, 3.05) is 6.54 Å². The summed E-state index contributed by atoms with van der Waals surface area (Å²) < 4.78 is 62.1. The molecule has 5 nitrogen and oxygen atoms in total. The molecule has 0 N–H and O–H groups in total. The predicted molar refractivity (Wildman–Crippen MR) is 129 cm³/mol. The molecule has 1 aliphatic heterocycles. The molecule has 4 aromatic carbocycles. The SMILES string of the molecule is O=S(=O)(c1ccc2ccccc2c1)N1CCC[C@H]1c1nc2cc(-c3ccc(F)cc3F)ccc2o1. The van der Waals surface area contributed by atoms with Crippen LogP contribution in [0.25, 0.3) is 33.0 Å². The van der Waals surface area contributed by atoms with Gasteiger partial charge in [-0.1, -0.05) is 36.4 Å². The Hall–Kier alpha value is -3.62. The minimum absolute atomic E-state index is 0.230. The van der Waals surface area contributed by atoms with Crippen molar-refractivity contribution < 1.29 is 21.6 Å². The first-order valence-corrected chi connectivity index (χ1v) is 12.7. The number of nitrogens with zero attached hydrogens (tertiary/aromatic N) is 2. The lowest BCUT2D eigenvalue weighted by molar-refractivity contribution is 0.337. The lowest BCUT2D eigenvalue weighted by Gasteiger charge is -2.22. The zero-order valence-corrected chi connectivity index (χ0v) is 19.3. The summed E-state index contributed by atoms with van der Waals surface area (Å²) in [5.41, 5.74) is 1.73. The quantitative estimate of drug-likeness (QED) is 0.290. The molecule has 0 bridgehead atoms. The van der Waals surface area contributed by atoms with Gasteiger partial charge in [-0.2, -0.15) is 4.31 Å². The number of fused-ring (bicyclic) bond motifs is 2. The predicted octanol–water partition coefficient (Wildman–Crippen LogP) is 6.45. The van der Waals surface area contributed by atoms with Crippen LogP contribution < -0.4 is 0 Å². The van der Waals surface area contributed by atoms with Gasteiger partial charge in [-0.05, 0) is 65.6 Å². The molecule has 6 rings (SSSR count). The Balaban J connectivity index is 1.36. The second-order valence-electron chi connectivity index (χ2n) is 8.64. The van der Waals surface area contributed by atoms with Gasteiger partial charge in [-0.25, -0.2) is 22.2 Å². The van der Waals surface area contributed by atoms with E-state index in [9.17, 15) is 17.2 Å². The van der Waals surface area contributed by atoms with Gasteiger partial charge in [0.25, 0.3) is 0 Å². The van der Waals surface area contributed by atoms with E-state index in [2.05, 4.69) is 4.98 Å². The highest BCUT2D eigenvalue weighted by Gasteiger charge is 2.39. The van der Waals surface area contributed by atoms with Gasteiger partial charge in [0.1, 0.15) is 23.2 Å². The van der Waals surface area contributed by atoms with Gasteiger partial charge >= 0.3 is 0 Å². The molecular weight excluding hydrogens is 470 g/mol. The number of hydrogen-bond acceptors (Lipinski definition) is 4. The maximum absolute atomic E-state index is 14.3. The molecule has 176 valence electrons. The molecule has 1 aliphatic rings. The van der Waals surface area contributed by atoms with E-state index in [0.29, 0.717) is 41.9 Å². The Kier molecular flexibility index (Phi) is 5.16. The van der Waals surface area contributed by atoms with Crippen molar-refractivity contribution in [3.8, 4) is 11.1 Å². The Morgan fingerprint density at radius 2 is 1.74 bits per heavy atom. The van der Waals surface area contributed by atoms with E-state index in [-0.39, 0.29) is 10.5 Å². The van der Waals surface area contributed by atoms with Gasteiger partial charge in [-0.15, -0.1) is 0 Å². The second-order valence-corrected chi connectivity index (χ2v) is 10.5. The van der Waals surface area contributed by atoms with Crippen molar-refractivity contribution in [1.29, 1.82) is 0 Å². The molecular formula is C27H20F2N2O3S. The van der Waals surface area contributed by atoms with Crippen LogP contribution in [0.3, 0.4) is 0 Å². The van der Waals surface area contributed by atoms with Crippen LogP contribution in [0.5, 0.6) is 0 Å². The first kappa shape index (κ1) is 21.9. The topological polar surface area (TPSA) is 63.4 Å². The Morgan fingerprint density at radius 1 is 0.914 bits per heavy atom. The summed E-state index contributed by atoms with van der Waals surface area (Å²) in [6.07, 6.45) is 1.27. The maximum Gasteiger partial charge on any atom is 0.243 e. The standard InChI is InChI=1S/C27H20F2N2O3S/c28-20-9-11-22(23(29)16-20)19-8-12-26-24(15-19)30-27(34-26)25-6-3-13-31(25)35(32,33)21-10-7-17-4-1-2-5-18(17)14-21/h1-2,4-5,7-12,14-16,25H,3,6,13H2/t25-/m0/s1. The lowest BCUT2D eigenvalue weighted by atomic mass is 10.0. The van der Waals surface area contributed by atoms with E-state index in [1.807, 2.05) is 30.3 Å². The van der Waals surface area contributed by atoms with Crippen molar-refractivity contribution in [2.24, 2.45) is 0 Å². The molecule has 35 heavy (non-hydrogen) atoms. The van der Waals surface area contributed by atoms with E-state index < -0.39 is 27.7 Å². The van der Waals surface area contributed by atoms with Crippen molar-refractivity contribution >= 4 is 31.9 Å². The van der Waals surface area contributed by atoms with E-state index in [1.165, 1.54) is 16.4 Å². The summed E-state index contributed by atoms with van der Waals surface area (Å²) in [6, 6.07) is 20.6. The monoisotopic (exact) mass is 490 g/mol. The smallest absolute Gasteiger partial charge is 0.243 e. The molecule has 0 amide bonds. The van der Waals surface area contributed by atoms with E-state index in [4.69, 9.17) is 4.42 Å². The third-order valence-corrected chi connectivity index (χ3v) is 8.37. The molecule has 2 heterocycles. The molecule has 1 fully saturated rings. The van der Waals surface area contributed by atoms with Crippen LogP contribution in [0.15, 0.2) is 88.2 Å². The minimum Gasteiger partial charge on any atom is -0.439 e. The van der Waals surface area contributed by atoms with Crippen molar-refractivity contribution in [1.82, 2.24) is 9.29 Å². The number of rotatable bonds is 4. The number of hydrogen-bond donors (Lipinski definition) is 0. The lowest BCUT2D eigenvalue weighted by Crippen LogP contribution is -2.30. The normalized spacial score (nSPS) is 16.9. The summed E-state index contributed by atoms with van der Waals surface area (Å²) in [4.78, 5) is 4.80. The summed E-state index contributed by atoms with van der Waals surface area (Å²) in [7, 11) is -3.78. The highest BCUT2D eigenvalue weighted by Crippen LogP contribution is 2.38. The third-order valence-electron chi connectivity index (χ3n) is 6.46. The van der Waals surface area contributed by atoms with Gasteiger partial charge in [-0.3, -0.25) is 0 Å². The average Bonchev–Trinajstić information content (AvgIpc) is 3.51. The molecule has 0 spiro atoms. The van der Waals surface area contributed by atoms with Crippen LogP contribution >= 0.6 is 0 Å². The summed E-state index contributed by atoms with van der Waals surface area (Å²) in [6.45, 7) is 0.366. The van der Waals surface area contributed by atoms with Gasteiger partial charge in [0.2, 0.25) is 15.9 Å². The fourth-order valence-corrected chi connectivity index (χ4v) is 6.40. The zero-order valence-electron chi connectivity index (χ0n) is 18.5. The Labute approximate surface area is 200 Å². The molecule has 5 aromatic rings. The fourth-order valence-electron chi connectivity index (χ4n) is 4.72. The number of sulfonamides is 1. The molecule has 0 aliphatic carbocycles. The van der Waals surface area contributed by atoms with E-state index in [1.54, 1.807) is 30.3 Å². The molecule has 0 unspecified atom stereocenters.